The largest absolute Gasteiger partial charge is 0.454 e. The summed E-state index contributed by atoms with van der Waals surface area (Å²) in [6.07, 6.45) is 1.61. The van der Waals surface area contributed by atoms with E-state index in [1.54, 1.807) is 24.3 Å². The number of allylic oxidation sites excluding steroid dienone is 1. The third-order valence-corrected chi connectivity index (χ3v) is 3.30. The lowest BCUT2D eigenvalue weighted by molar-refractivity contribution is -0.132. The molecule has 0 fully saturated rings. The highest BCUT2D eigenvalue weighted by molar-refractivity contribution is 6.50. The van der Waals surface area contributed by atoms with Gasteiger partial charge in [-0.05, 0) is 23.8 Å². The maximum Gasteiger partial charge on any atom is 0.356 e. The van der Waals surface area contributed by atoms with Gasteiger partial charge in [0.15, 0.2) is 17.3 Å². The fraction of sp³-hybridized carbons (Fsp3) is 0.0833. The number of carbonyl (C=O) groups excluding carboxylic acids is 1. The number of benzene rings is 1. The molecule has 2 heterocycles. The van der Waals surface area contributed by atoms with Crippen molar-refractivity contribution in [3.8, 4) is 11.5 Å². The molecule has 0 unspecified atom stereocenters. The summed E-state index contributed by atoms with van der Waals surface area (Å²) in [5.74, 6) is 0.902. The third-order valence-electron chi connectivity index (χ3n) is 2.49. The van der Waals surface area contributed by atoms with Crippen LogP contribution in [-0.4, -0.2) is 12.8 Å². The van der Waals surface area contributed by atoms with Crippen LogP contribution in [0.3, 0.4) is 0 Å². The predicted octanol–water partition coefficient (Wildman–Crippen LogP) is 3.00. The minimum absolute atomic E-state index is 0.108. The van der Waals surface area contributed by atoms with Crippen molar-refractivity contribution in [2.75, 3.05) is 6.79 Å². The lowest BCUT2D eigenvalue weighted by atomic mass is 10.2. The van der Waals surface area contributed by atoms with Crippen LogP contribution < -0.4 is 9.47 Å². The Labute approximate surface area is 112 Å². The van der Waals surface area contributed by atoms with Crippen LogP contribution in [-0.2, 0) is 9.53 Å². The summed E-state index contributed by atoms with van der Waals surface area (Å²) >= 11 is 11.5. The van der Waals surface area contributed by atoms with E-state index in [1.165, 1.54) is 0 Å². The Morgan fingerprint density at radius 3 is 2.61 bits per heavy atom. The Morgan fingerprint density at radius 2 is 1.89 bits per heavy atom. The van der Waals surface area contributed by atoms with E-state index < -0.39 is 5.97 Å². The first-order chi connectivity index (χ1) is 8.65. The molecule has 0 radical (unpaired) electrons. The summed E-state index contributed by atoms with van der Waals surface area (Å²) in [6, 6.07) is 5.33. The first-order valence-electron chi connectivity index (χ1n) is 5.04. The first-order valence-corrected chi connectivity index (χ1v) is 5.80. The molecule has 0 amide bonds. The molecule has 0 saturated heterocycles. The van der Waals surface area contributed by atoms with Crippen molar-refractivity contribution in [3.63, 3.8) is 0 Å². The minimum atomic E-state index is -0.645. The number of ether oxygens (including phenoxy) is 3. The Balaban J connectivity index is 1.96. The molecule has 6 heteroatoms. The number of hydrogen-bond donors (Lipinski definition) is 0. The molecule has 0 spiro atoms. The Hall–Kier alpha value is -1.65. The molecule has 0 saturated carbocycles. The number of fused-ring (bicyclic) bond motifs is 1. The van der Waals surface area contributed by atoms with Gasteiger partial charge in [-0.3, -0.25) is 0 Å². The lowest BCUT2D eigenvalue weighted by Crippen LogP contribution is -1.93. The normalized spacial score (nSPS) is 19.7. The highest BCUT2D eigenvalue weighted by Gasteiger charge is 2.27. The fourth-order valence-corrected chi connectivity index (χ4v) is 1.94. The van der Waals surface area contributed by atoms with Crippen molar-refractivity contribution in [2.24, 2.45) is 0 Å². The van der Waals surface area contributed by atoms with Gasteiger partial charge in [0.05, 0.1) is 0 Å². The third kappa shape index (κ3) is 1.83. The van der Waals surface area contributed by atoms with Gasteiger partial charge in [-0.15, -0.1) is 0 Å². The zero-order valence-electron chi connectivity index (χ0n) is 8.91. The quantitative estimate of drug-likeness (QED) is 0.744. The Kier molecular flexibility index (Phi) is 2.69. The second-order valence-corrected chi connectivity index (χ2v) is 4.39. The molecule has 2 aliphatic rings. The lowest BCUT2D eigenvalue weighted by Gasteiger charge is -2.00. The summed E-state index contributed by atoms with van der Waals surface area (Å²) in [5.41, 5.74) is 0.770. The van der Waals surface area contributed by atoms with Crippen molar-refractivity contribution in [1.82, 2.24) is 0 Å². The molecule has 0 aromatic heterocycles. The van der Waals surface area contributed by atoms with Crippen LogP contribution in [0.1, 0.15) is 5.56 Å². The zero-order valence-corrected chi connectivity index (χ0v) is 10.4. The Morgan fingerprint density at radius 1 is 1.11 bits per heavy atom. The maximum absolute atomic E-state index is 11.2. The van der Waals surface area contributed by atoms with Gasteiger partial charge in [0.25, 0.3) is 0 Å². The molecular formula is C12H6Cl2O4. The van der Waals surface area contributed by atoms with Gasteiger partial charge < -0.3 is 14.2 Å². The number of halogens is 2. The monoisotopic (exact) mass is 284 g/mol. The second kappa shape index (κ2) is 4.23. The molecule has 1 aromatic rings. The number of carbonyl (C=O) groups is 1. The van der Waals surface area contributed by atoms with E-state index in [1.807, 2.05) is 0 Å². The van der Waals surface area contributed by atoms with E-state index >= 15 is 0 Å². The smallest absolute Gasteiger partial charge is 0.356 e. The van der Waals surface area contributed by atoms with Crippen molar-refractivity contribution in [1.29, 1.82) is 0 Å². The molecule has 0 N–H and O–H groups in total. The number of hydrogen-bond acceptors (Lipinski definition) is 4. The molecule has 92 valence electrons. The van der Waals surface area contributed by atoms with Crippen LogP contribution >= 0.6 is 23.2 Å². The first kappa shape index (κ1) is 11.4. The fourth-order valence-electron chi connectivity index (χ4n) is 1.63. The summed E-state index contributed by atoms with van der Waals surface area (Å²) in [4.78, 5) is 11.2. The SMILES string of the molecule is O=C1O/C(=C\c2ccc3c(c2)OCO3)C(Cl)=C1Cl. The standard InChI is InChI=1S/C12H6Cl2O4/c13-10-9(18-12(15)11(10)14)4-6-1-2-7-8(3-6)17-5-16-7/h1-4H,5H2/b9-4-. The summed E-state index contributed by atoms with van der Waals surface area (Å²) in [6.45, 7) is 0.205. The number of esters is 1. The van der Waals surface area contributed by atoms with E-state index in [2.05, 4.69) is 0 Å². The molecule has 1 aromatic carbocycles. The molecule has 4 nitrogen and oxygen atoms in total. The molecule has 2 aliphatic heterocycles. The minimum Gasteiger partial charge on any atom is -0.454 e. The highest BCUT2D eigenvalue weighted by Crippen LogP contribution is 2.36. The number of rotatable bonds is 1. The van der Waals surface area contributed by atoms with Crippen LogP contribution in [0.15, 0.2) is 34.0 Å². The topological polar surface area (TPSA) is 44.8 Å². The summed E-state index contributed by atoms with van der Waals surface area (Å²) in [7, 11) is 0. The van der Waals surface area contributed by atoms with Crippen LogP contribution in [0.2, 0.25) is 0 Å². The predicted molar refractivity (Wildman–Crippen MR) is 65.4 cm³/mol. The van der Waals surface area contributed by atoms with E-state index in [0.717, 1.165) is 5.56 Å². The van der Waals surface area contributed by atoms with Gasteiger partial charge in [0.1, 0.15) is 10.1 Å². The molecule has 18 heavy (non-hydrogen) atoms. The van der Waals surface area contributed by atoms with Gasteiger partial charge >= 0.3 is 5.97 Å². The van der Waals surface area contributed by atoms with Gasteiger partial charge in [0, 0.05) is 0 Å². The van der Waals surface area contributed by atoms with E-state index in [4.69, 9.17) is 37.4 Å². The average Bonchev–Trinajstić information content (AvgIpc) is 2.91. The van der Waals surface area contributed by atoms with Crippen LogP contribution in [0, 0.1) is 0 Å². The molecule has 0 bridgehead atoms. The molecular weight excluding hydrogens is 279 g/mol. The van der Waals surface area contributed by atoms with Crippen LogP contribution in [0.5, 0.6) is 11.5 Å². The molecule has 0 aliphatic carbocycles. The molecule has 0 atom stereocenters. The van der Waals surface area contributed by atoms with Crippen molar-refractivity contribution in [3.05, 3.63) is 39.6 Å². The summed E-state index contributed by atoms with van der Waals surface area (Å²) < 4.78 is 15.4. The van der Waals surface area contributed by atoms with Gasteiger partial charge in [-0.1, -0.05) is 29.3 Å². The Bertz CT molecular complexity index is 604. The van der Waals surface area contributed by atoms with E-state index in [0.29, 0.717) is 11.5 Å². The van der Waals surface area contributed by atoms with Gasteiger partial charge in [-0.25, -0.2) is 4.79 Å². The van der Waals surface area contributed by atoms with Gasteiger partial charge in [-0.2, -0.15) is 0 Å². The highest BCUT2D eigenvalue weighted by atomic mass is 35.5. The van der Waals surface area contributed by atoms with Crippen molar-refractivity contribution < 1.29 is 19.0 Å². The van der Waals surface area contributed by atoms with Crippen molar-refractivity contribution in [2.45, 2.75) is 0 Å². The average molecular weight is 285 g/mol. The molecule has 3 rings (SSSR count). The maximum atomic E-state index is 11.2. The number of cyclic esters (lactones) is 1. The van der Waals surface area contributed by atoms with Crippen LogP contribution in [0.4, 0.5) is 0 Å². The van der Waals surface area contributed by atoms with Gasteiger partial charge in [0.2, 0.25) is 6.79 Å². The summed E-state index contributed by atoms with van der Waals surface area (Å²) in [5, 5.41) is 0.00277. The van der Waals surface area contributed by atoms with Crippen LogP contribution in [0.25, 0.3) is 6.08 Å². The van der Waals surface area contributed by atoms with Crippen molar-refractivity contribution >= 4 is 35.2 Å². The van der Waals surface area contributed by atoms with E-state index in [-0.39, 0.29) is 22.6 Å². The second-order valence-electron chi connectivity index (χ2n) is 3.64. The van der Waals surface area contributed by atoms with E-state index in [9.17, 15) is 4.79 Å². The zero-order chi connectivity index (χ0) is 12.7.